The summed E-state index contributed by atoms with van der Waals surface area (Å²) in [6, 6.07) is 8.67. The molecule has 3 rings (SSSR count). The van der Waals surface area contributed by atoms with Crippen molar-refractivity contribution in [1.82, 2.24) is 9.55 Å². The number of aromatic amines is 1. The lowest BCUT2D eigenvalue weighted by atomic mass is 10.2. The van der Waals surface area contributed by atoms with Gasteiger partial charge in [0.05, 0.1) is 5.69 Å². The van der Waals surface area contributed by atoms with Crippen molar-refractivity contribution in [2.24, 2.45) is 0 Å². The molecule has 0 radical (unpaired) electrons. The summed E-state index contributed by atoms with van der Waals surface area (Å²) in [4.78, 5) is 24.8. The molecule has 0 atom stereocenters. The Labute approximate surface area is 94.9 Å². The number of nitrogens with zero attached hydrogens (tertiary/aromatic N) is 1. The SMILES string of the molecule is O=c1ccn(-c2coc3ccccc23)c(=O)[nH]1. The number of hydrogen-bond donors (Lipinski definition) is 1. The van der Waals surface area contributed by atoms with Crippen LogP contribution in [0.5, 0.6) is 0 Å². The Morgan fingerprint density at radius 1 is 1.12 bits per heavy atom. The van der Waals surface area contributed by atoms with Crippen molar-refractivity contribution < 1.29 is 4.42 Å². The van der Waals surface area contributed by atoms with Crippen LogP contribution >= 0.6 is 0 Å². The van der Waals surface area contributed by atoms with Crippen LogP contribution in [0.1, 0.15) is 0 Å². The van der Waals surface area contributed by atoms with Crippen LogP contribution in [-0.2, 0) is 0 Å². The van der Waals surface area contributed by atoms with Crippen molar-refractivity contribution in [3.8, 4) is 5.69 Å². The van der Waals surface area contributed by atoms with Crippen LogP contribution in [0.3, 0.4) is 0 Å². The summed E-state index contributed by atoms with van der Waals surface area (Å²) < 4.78 is 6.68. The molecule has 2 heterocycles. The third-order valence-corrected chi connectivity index (χ3v) is 2.54. The highest BCUT2D eigenvalue weighted by Crippen LogP contribution is 2.22. The van der Waals surface area contributed by atoms with Gasteiger partial charge in [0.15, 0.2) is 0 Å². The fourth-order valence-electron chi connectivity index (χ4n) is 1.76. The van der Waals surface area contributed by atoms with Gasteiger partial charge in [-0.1, -0.05) is 12.1 Å². The van der Waals surface area contributed by atoms with Crippen LogP contribution in [0.25, 0.3) is 16.7 Å². The predicted molar refractivity (Wildman–Crippen MR) is 62.4 cm³/mol. The van der Waals surface area contributed by atoms with Gasteiger partial charge in [-0.2, -0.15) is 0 Å². The molecule has 5 heteroatoms. The Kier molecular flexibility index (Phi) is 1.98. The van der Waals surface area contributed by atoms with Crippen LogP contribution < -0.4 is 11.2 Å². The molecule has 17 heavy (non-hydrogen) atoms. The van der Waals surface area contributed by atoms with Crippen molar-refractivity contribution >= 4 is 11.0 Å². The second-order valence-electron chi connectivity index (χ2n) is 3.60. The molecule has 3 aromatic rings. The quantitative estimate of drug-likeness (QED) is 0.682. The molecule has 0 saturated carbocycles. The molecule has 0 bridgehead atoms. The monoisotopic (exact) mass is 228 g/mol. The summed E-state index contributed by atoms with van der Waals surface area (Å²) in [7, 11) is 0. The van der Waals surface area contributed by atoms with Gasteiger partial charge in [0.1, 0.15) is 11.8 Å². The molecular weight excluding hydrogens is 220 g/mol. The van der Waals surface area contributed by atoms with E-state index in [0.29, 0.717) is 11.3 Å². The highest BCUT2D eigenvalue weighted by Gasteiger charge is 2.08. The van der Waals surface area contributed by atoms with Crippen molar-refractivity contribution in [2.75, 3.05) is 0 Å². The second-order valence-corrected chi connectivity index (χ2v) is 3.60. The minimum atomic E-state index is -0.482. The zero-order valence-electron chi connectivity index (χ0n) is 8.71. The highest BCUT2D eigenvalue weighted by molar-refractivity contribution is 5.86. The molecule has 0 aliphatic rings. The van der Waals surface area contributed by atoms with Gasteiger partial charge < -0.3 is 4.42 Å². The third-order valence-electron chi connectivity index (χ3n) is 2.54. The maximum Gasteiger partial charge on any atom is 0.333 e. The maximum atomic E-state index is 11.6. The minimum Gasteiger partial charge on any atom is -0.462 e. The molecule has 1 aromatic carbocycles. The second kappa shape index (κ2) is 3.48. The van der Waals surface area contributed by atoms with E-state index in [4.69, 9.17) is 4.42 Å². The van der Waals surface area contributed by atoms with E-state index in [0.717, 1.165) is 5.39 Å². The Hall–Kier alpha value is -2.56. The van der Waals surface area contributed by atoms with Crippen LogP contribution in [0.4, 0.5) is 0 Å². The normalized spacial score (nSPS) is 10.8. The number of nitrogens with one attached hydrogen (secondary N) is 1. The van der Waals surface area contributed by atoms with Gasteiger partial charge in [0, 0.05) is 17.6 Å². The van der Waals surface area contributed by atoms with Crippen molar-refractivity contribution in [1.29, 1.82) is 0 Å². The van der Waals surface area contributed by atoms with Gasteiger partial charge in [-0.05, 0) is 12.1 Å². The topological polar surface area (TPSA) is 68.0 Å². The summed E-state index contributed by atoms with van der Waals surface area (Å²) in [5, 5.41) is 0.821. The Morgan fingerprint density at radius 2 is 1.94 bits per heavy atom. The highest BCUT2D eigenvalue weighted by atomic mass is 16.3. The summed E-state index contributed by atoms with van der Waals surface area (Å²) >= 11 is 0. The number of aromatic nitrogens is 2. The molecule has 84 valence electrons. The average molecular weight is 228 g/mol. The lowest BCUT2D eigenvalue weighted by Crippen LogP contribution is -2.27. The zero-order valence-corrected chi connectivity index (χ0v) is 8.71. The van der Waals surface area contributed by atoms with E-state index in [1.54, 1.807) is 0 Å². The summed E-state index contributed by atoms with van der Waals surface area (Å²) in [5.74, 6) is 0. The number of furan rings is 1. The smallest absolute Gasteiger partial charge is 0.333 e. The van der Waals surface area contributed by atoms with E-state index in [1.807, 2.05) is 24.3 Å². The molecule has 0 unspecified atom stereocenters. The molecule has 0 saturated heterocycles. The lowest BCUT2D eigenvalue weighted by molar-refractivity contribution is 0.612. The van der Waals surface area contributed by atoms with Gasteiger partial charge in [-0.15, -0.1) is 0 Å². The Balaban J connectivity index is 2.35. The lowest BCUT2D eigenvalue weighted by Gasteiger charge is -2.00. The van der Waals surface area contributed by atoms with Crippen LogP contribution in [0.2, 0.25) is 0 Å². The maximum absolute atomic E-state index is 11.6. The largest absolute Gasteiger partial charge is 0.462 e. The van der Waals surface area contributed by atoms with E-state index in [1.165, 1.54) is 23.1 Å². The van der Waals surface area contributed by atoms with E-state index in [-0.39, 0.29) is 0 Å². The standard InChI is InChI=1S/C12H8N2O3/c15-11-5-6-14(12(16)13-11)9-7-17-10-4-2-1-3-8(9)10/h1-7H,(H,13,15,16). The van der Waals surface area contributed by atoms with Crippen LogP contribution in [0, 0.1) is 0 Å². The first-order chi connectivity index (χ1) is 8.25. The minimum absolute atomic E-state index is 0.418. The molecule has 0 amide bonds. The van der Waals surface area contributed by atoms with Gasteiger partial charge in [-0.3, -0.25) is 14.3 Å². The Morgan fingerprint density at radius 3 is 2.76 bits per heavy atom. The third kappa shape index (κ3) is 1.48. The van der Waals surface area contributed by atoms with Crippen molar-refractivity contribution in [3.63, 3.8) is 0 Å². The van der Waals surface area contributed by atoms with E-state index in [2.05, 4.69) is 4.98 Å². The molecule has 5 nitrogen and oxygen atoms in total. The van der Waals surface area contributed by atoms with Crippen molar-refractivity contribution in [3.05, 3.63) is 63.6 Å². The zero-order chi connectivity index (χ0) is 11.8. The number of H-pyrrole nitrogens is 1. The number of hydrogen-bond acceptors (Lipinski definition) is 3. The molecule has 0 aliphatic carbocycles. The molecular formula is C12H8N2O3. The van der Waals surface area contributed by atoms with Crippen LogP contribution in [0.15, 0.2) is 56.8 Å². The number of rotatable bonds is 1. The Bertz CT molecular complexity index is 795. The first-order valence-corrected chi connectivity index (χ1v) is 5.04. The molecule has 0 aliphatic heterocycles. The van der Waals surface area contributed by atoms with Crippen molar-refractivity contribution in [2.45, 2.75) is 0 Å². The first kappa shape index (κ1) is 9.65. The van der Waals surface area contributed by atoms with E-state index in [9.17, 15) is 9.59 Å². The fraction of sp³-hybridized carbons (Fsp3) is 0. The first-order valence-electron chi connectivity index (χ1n) is 5.04. The summed E-state index contributed by atoms with van der Waals surface area (Å²) in [6.07, 6.45) is 2.92. The summed E-state index contributed by atoms with van der Waals surface area (Å²) in [5.41, 5.74) is 0.408. The molecule has 1 N–H and O–H groups in total. The predicted octanol–water partition coefficient (Wildman–Crippen LogP) is 1.27. The van der Waals surface area contributed by atoms with Gasteiger partial charge >= 0.3 is 5.69 Å². The fourth-order valence-corrected chi connectivity index (χ4v) is 1.76. The van der Waals surface area contributed by atoms with Gasteiger partial charge in [0.25, 0.3) is 5.56 Å². The number of benzene rings is 1. The molecule has 0 fully saturated rings. The molecule has 0 spiro atoms. The van der Waals surface area contributed by atoms with Gasteiger partial charge in [0.2, 0.25) is 0 Å². The number of para-hydroxylation sites is 1. The average Bonchev–Trinajstić information content (AvgIpc) is 2.73. The number of fused-ring (bicyclic) bond motifs is 1. The van der Waals surface area contributed by atoms with E-state index >= 15 is 0 Å². The van der Waals surface area contributed by atoms with Crippen LogP contribution in [-0.4, -0.2) is 9.55 Å². The molecule has 2 aromatic heterocycles. The summed E-state index contributed by atoms with van der Waals surface area (Å²) in [6.45, 7) is 0. The van der Waals surface area contributed by atoms with Gasteiger partial charge in [-0.25, -0.2) is 4.79 Å². The van der Waals surface area contributed by atoms with E-state index < -0.39 is 11.2 Å².